The van der Waals surface area contributed by atoms with Crippen molar-refractivity contribution in [3.63, 3.8) is 0 Å². The average molecular weight is 248 g/mol. The molecule has 7 heteroatoms. The highest BCUT2D eigenvalue weighted by Crippen LogP contribution is 2.41. The lowest BCUT2D eigenvalue weighted by atomic mass is 10.5. The van der Waals surface area contributed by atoms with Gasteiger partial charge in [0.2, 0.25) is 0 Å². The molecule has 0 spiro atoms. The second-order valence-electron chi connectivity index (χ2n) is 2.78. The van der Waals surface area contributed by atoms with E-state index in [0.29, 0.717) is 26.1 Å². The molecule has 0 heterocycles. The molecule has 0 saturated heterocycles. The van der Waals surface area contributed by atoms with Crippen molar-refractivity contribution in [2.75, 3.05) is 19.8 Å². The largest absolute Gasteiger partial charge is 0.412 e. The summed E-state index contributed by atoms with van der Waals surface area (Å²) in [6, 6.07) is 0. The van der Waals surface area contributed by atoms with E-state index in [1.54, 1.807) is 0 Å². The van der Waals surface area contributed by atoms with Gasteiger partial charge in [-0.1, -0.05) is 13.8 Å². The molecule has 0 rings (SSSR count). The molecule has 0 aliphatic heterocycles. The van der Waals surface area contributed by atoms with Crippen LogP contribution >= 0.6 is 8.60 Å². The molecular formula is C8H16F3O3P. The van der Waals surface area contributed by atoms with Crippen LogP contribution in [0.4, 0.5) is 13.2 Å². The molecule has 0 radical (unpaired) electrons. The fourth-order valence-electron chi connectivity index (χ4n) is 0.569. The van der Waals surface area contributed by atoms with E-state index in [2.05, 4.69) is 4.52 Å². The molecule has 92 valence electrons. The summed E-state index contributed by atoms with van der Waals surface area (Å²) in [6.45, 7) is 3.07. The van der Waals surface area contributed by atoms with Crippen molar-refractivity contribution in [3.8, 4) is 0 Å². The predicted molar refractivity (Wildman–Crippen MR) is 51.4 cm³/mol. The quantitative estimate of drug-likeness (QED) is 0.614. The maximum absolute atomic E-state index is 11.8. The monoisotopic (exact) mass is 248 g/mol. The highest BCUT2D eigenvalue weighted by molar-refractivity contribution is 7.41. The first-order valence-corrected chi connectivity index (χ1v) is 5.84. The predicted octanol–water partition coefficient (Wildman–Crippen LogP) is 3.65. The zero-order chi connectivity index (χ0) is 11.7. The fraction of sp³-hybridized carbons (Fsp3) is 1.00. The Morgan fingerprint density at radius 1 is 0.933 bits per heavy atom. The van der Waals surface area contributed by atoms with Gasteiger partial charge in [0.05, 0.1) is 13.2 Å². The Labute approximate surface area is 88.9 Å². The molecule has 0 unspecified atom stereocenters. The Hall–Kier alpha value is 0.100. The molecule has 15 heavy (non-hydrogen) atoms. The first-order chi connectivity index (χ1) is 6.99. The molecule has 0 bridgehead atoms. The standard InChI is InChI=1S/C8H16F3O3P/c1-3-5-12-15(13-6-4-2)14-7-8(9,10)11/h3-7H2,1-2H3. The molecule has 0 fully saturated rings. The third-order valence-electron chi connectivity index (χ3n) is 1.14. The van der Waals surface area contributed by atoms with Crippen LogP contribution in [0.3, 0.4) is 0 Å². The van der Waals surface area contributed by atoms with Gasteiger partial charge in [0.1, 0.15) is 0 Å². The first kappa shape index (κ1) is 15.1. The smallest absolute Gasteiger partial charge is 0.312 e. The summed E-state index contributed by atoms with van der Waals surface area (Å²) in [5, 5.41) is 0. The van der Waals surface area contributed by atoms with Crippen LogP contribution < -0.4 is 0 Å². The number of alkyl halides is 3. The summed E-state index contributed by atoms with van der Waals surface area (Å²) in [7, 11) is -1.86. The van der Waals surface area contributed by atoms with Crippen LogP contribution in [0.5, 0.6) is 0 Å². The summed E-state index contributed by atoms with van der Waals surface area (Å²) in [6.07, 6.45) is -2.92. The maximum Gasteiger partial charge on any atom is 0.412 e. The molecule has 0 aromatic carbocycles. The van der Waals surface area contributed by atoms with E-state index < -0.39 is 21.4 Å². The Balaban J connectivity index is 3.78. The zero-order valence-corrected chi connectivity index (χ0v) is 9.74. The van der Waals surface area contributed by atoms with Crippen LogP contribution in [0.25, 0.3) is 0 Å². The highest BCUT2D eigenvalue weighted by Gasteiger charge is 2.30. The van der Waals surface area contributed by atoms with Crippen molar-refractivity contribution in [1.82, 2.24) is 0 Å². The van der Waals surface area contributed by atoms with Gasteiger partial charge in [0.15, 0.2) is 6.61 Å². The first-order valence-electron chi connectivity index (χ1n) is 4.75. The minimum absolute atomic E-state index is 0.341. The van der Waals surface area contributed by atoms with E-state index in [0.717, 1.165) is 0 Å². The SMILES string of the molecule is CCCOP(OCCC)OCC(F)(F)F. The van der Waals surface area contributed by atoms with Gasteiger partial charge in [-0.3, -0.25) is 0 Å². The number of hydrogen-bond acceptors (Lipinski definition) is 3. The van der Waals surface area contributed by atoms with Crippen molar-refractivity contribution in [1.29, 1.82) is 0 Å². The van der Waals surface area contributed by atoms with E-state index in [1.165, 1.54) is 0 Å². The molecule has 3 nitrogen and oxygen atoms in total. The van der Waals surface area contributed by atoms with E-state index in [9.17, 15) is 13.2 Å². The van der Waals surface area contributed by atoms with E-state index in [-0.39, 0.29) is 0 Å². The van der Waals surface area contributed by atoms with Gasteiger partial charge < -0.3 is 13.6 Å². The molecule has 0 aromatic rings. The minimum atomic E-state index is -4.34. The van der Waals surface area contributed by atoms with Gasteiger partial charge in [-0.25, -0.2) is 0 Å². The normalized spacial score (nSPS) is 12.4. The molecule has 0 saturated carbocycles. The lowest BCUT2D eigenvalue weighted by Crippen LogP contribution is -2.16. The number of rotatable bonds is 8. The maximum atomic E-state index is 11.8. The second kappa shape index (κ2) is 8.28. The van der Waals surface area contributed by atoms with E-state index in [1.807, 2.05) is 13.8 Å². The van der Waals surface area contributed by atoms with Crippen molar-refractivity contribution in [2.24, 2.45) is 0 Å². The molecule has 0 atom stereocenters. The van der Waals surface area contributed by atoms with Crippen LogP contribution in [0.2, 0.25) is 0 Å². The van der Waals surface area contributed by atoms with Gasteiger partial charge in [-0.05, 0) is 12.8 Å². The van der Waals surface area contributed by atoms with Crippen molar-refractivity contribution in [3.05, 3.63) is 0 Å². The van der Waals surface area contributed by atoms with Crippen molar-refractivity contribution < 1.29 is 26.7 Å². The molecule has 0 aliphatic rings. The van der Waals surface area contributed by atoms with Crippen LogP contribution in [0.1, 0.15) is 26.7 Å². The average Bonchev–Trinajstić information content (AvgIpc) is 2.15. The van der Waals surface area contributed by atoms with Crippen LogP contribution in [0, 0.1) is 0 Å². The van der Waals surface area contributed by atoms with Crippen molar-refractivity contribution >= 4 is 8.60 Å². The summed E-state index contributed by atoms with van der Waals surface area (Å²) in [5.74, 6) is 0. The second-order valence-corrected chi connectivity index (χ2v) is 4.00. The molecule has 0 N–H and O–H groups in total. The molecular weight excluding hydrogens is 232 g/mol. The Bertz CT molecular complexity index is 147. The van der Waals surface area contributed by atoms with Crippen molar-refractivity contribution in [2.45, 2.75) is 32.9 Å². The topological polar surface area (TPSA) is 27.7 Å². The van der Waals surface area contributed by atoms with Crippen LogP contribution in [0.15, 0.2) is 0 Å². The third-order valence-corrected chi connectivity index (χ3v) is 2.26. The molecule has 0 amide bonds. The Morgan fingerprint density at radius 3 is 1.73 bits per heavy atom. The van der Waals surface area contributed by atoms with Gasteiger partial charge in [0, 0.05) is 0 Å². The van der Waals surface area contributed by atoms with Crippen LogP contribution in [-0.2, 0) is 13.6 Å². The third kappa shape index (κ3) is 10.4. The van der Waals surface area contributed by atoms with E-state index in [4.69, 9.17) is 9.05 Å². The zero-order valence-electron chi connectivity index (χ0n) is 8.84. The lowest BCUT2D eigenvalue weighted by Gasteiger charge is -2.16. The van der Waals surface area contributed by atoms with Gasteiger partial charge in [-0.15, -0.1) is 0 Å². The number of halogens is 3. The molecule has 0 aromatic heterocycles. The summed E-state index contributed by atoms with van der Waals surface area (Å²) in [4.78, 5) is 0. The van der Waals surface area contributed by atoms with Gasteiger partial charge in [0.25, 0.3) is 0 Å². The fourth-order valence-corrected chi connectivity index (χ4v) is 1.71. The Kier molecular flexibility index (Phi) is 8.33. The summed E-state index contributed by atoms with van der Waals surface area (Å²) in [5.41, 5.74) is 0. The Morgan fingerprint density at radius 2 is 1.40 bits per heavy atom. The van der Waals surface area contributed by atoms with Crippen LogP contribution in [-0.4, -0.2) is 26.0 Å². The lowest BCUT2D eigenvalue weighted by molar-refractivity contribution is -0.155. The summed E-state index contributed by atoms with van der Waals surface area (Å²) >= 11 is 0. The highest BCUT2D eigenvalue weighted by atomic mass is 31.2. The minimum Gasteiger partial charge on any atom is -0.312 e. The number of hydrogen-bond donors (Lipinski definition) is 0. The van der Waals surface area contributed by atoms with Gasteiger partial charge in [-0.2, -0.15) is 13.2 Å². The van der Waals surface area contributed by atoms with Gasteiger partial charge >= 0.3 is 14.8 Å². The molecule has 0 aliphatic carbocycles. The summed E-state index contributed by atoms with van der Waals surface area (Å²) < 4.78 is 50.0. The van der Waals surface area contributed by atoms with E-state index >= 15 is 0 Å².